The zero-order chi connectivity index (χ0) is 30.7. The predicted molar refractivity (Wildman–Crippen MR) is 158 cm³/mol. The SMILES string of the molecule is CC(C)CC(N)C(=O)NC(Cc1c[nH]c2ccccc12)C(=O)NC(C(=O)NC(CCCN=C(N)N)C(=O)O)C(C)C. The largest absolute Gasteiger partial charge is 0.480 e. The van der Waals surface area contributed by atoms with Gasteiger partial charge in [-0.3, -0.25) is 19.4 Å². The number of para-hydroxylation sites is 1. The lowest BCUT2D eigenvalue weighted by Gasteiger charge is -2.27. The molecule has 2 rings (SSSR count). The van der Waals surface area contributed by atoms with Gasteiger partial charge in [0.2, 0.25) is 17.7 Å². The first-order chi connectivity index (χ1) is 19.3. The van der Waals surface area contributed by atoms with Crippen molar-refractivity contribution in [2.75, 3.05) is 6.54 Å². The topological polar surface area (TPSA) is 231 Å². The minimum Gasteiger partial charge on any atom is -0.480 e. The maximum Gasteiger partial charge on any atom is 0.326 e. The van der Waals surface area contributed by atoms with Gasteiger partial charge in [-0.25, -0.2) is 4.79 Å². The molecule has 0 spiro atoms. The van der Waals surface area contributed by atoms with Gasteiger partial charge in [0.1, 0.15) is 18.1 Å². The Morgan fingerprint density at radius 3 is 2.22 bits per heavy atom. The van der Waals surface area contributed by atoms with E-state index in [0.29, 0.717) is 12.8 Å². The Kier molecular flexibility index (Phi) is 12.6. The highest BCUT2D eigenvalue weighted by molar-refractivity contribution is 5.95. The molecule has 2 aromatic rings. The van der Waals surface area contributed by atoms with E-state index in [4.69, 9.17) is 17.2 Å². The number of guanidine groups is 1. The summed E-state index contributed by atoms with van der Waals surface area (Å²) in [5, 5.41) is 18.5. The molecule has 0 saturated heterocycles. The second-order valence-corrected chi connectivity index (χ2v) is 10.9. The summed E-state index contributed by atoms with van der Waals surface area (Å²) in [6.07, 6.45) is 2.76. The number of aromatic nitrogens is 1. The highest BCUT2D eigenvalue weighted by atomic mass is 16.4. The molecular formula is C28H44N8O5. The first-order valence-electron chi connectivity index (χ1n) is 13.8. The number of carboxylic acid groups (broad SMARTS) is 1. The summed E-state index contributed by atoms with van der Waals surface area (Å²) in [7, 11) is 0. The van der Waals surface area contributed by atoms with Gasteiger partial charge in [0, 0.05) is 30.1 Å². The molecule has 11 N–H and O–H groups in total. The number of carboxylic acids is 1. The van der Waals surface area contributed by atoms with Crippen LogP contribution in [0.1, 0.15) is 52.5 Å². The summed E-state index contributed by atoms with van der Waals surface area (Å²) in [6, 6.07) is 3.46. The van der Waals surface area contributed by atoms with Gasteiger partial charge in [-0.1, -0.05) is 45.9 Å². The van der Waals surface area contributed by atoms with Crippen molar-refractivity contribution in [2.45, 2.75) is 77.5 Å². The molecule has 4 atom stereocenters. The van der Waals surface area contributed by atoms with Crippen LogP contribution in [0.2, 0.25) is 0 Å². The van der Waals surface area contributed by atoms with Crippen LogP contribution in [0.4, 0.5) is 0 Å². The number of amides is 3. The van der Waals surface area contributed by atoms with E-state index in [1.54, 1.807) is 20.0 Å². The fourth-order valence-electron chi connectivity index (χ4n) is 4.43. The van der Waals surface area contributed by atoms with Crippen LogP contribution in [0.5, 0.6) is 0 Å². The molecule has 41 heavy (non-hydrogen) atoms. The summed E-state index contributed by atoms with van der Waals surface area (Å²) in [6.45, 7) is 7.55. The van der Waals surface area contributed by atoms with Crippen LogP contribution in [0.3, 0.4) is 0 Å². The molecule has 0 saturated carbocycles. The number of aliphatic imine (C=N–C) groups is 1. The van der Waals surface area contributed by atoms with Crippen LogP contribution in [0.15, 0.2) is 35.5 Å². The lowest BCUT2D eigenvalue weighted by atomic mass is 9.99. The van der Waals surface area contributed by atoms with E-state index in [0.717, 1.165) is 16.5 Å². The molecule has 0 aliphatic rings. The number of nitrogens with one attached hydrogen (secondary N) is 4. The second-order valence-electron chi connectivity index (χ2n) is 10.9. The van der Waals surface area contributed by atoms with Crippen molar-refractivity contribution in [3.05, 3.63) is 36.0 Å². The Bertz CT molecular complexity index is 1220. The number of fused-ring (bicyclic) bond motifs is 1. The predicted octanol–water partition coefficient (Wildman–Crippen LogP) is 0.332. The number of hydrogen-bond acceptors (Lipinski definition) is 6. The Hall–Kier alpha value is -4.13. The van der Waals surface area contributed by atoms with Crippen LogP contribution in [0.25, 0.3) is 10.9 Å². The third-order valence-electron chi connectivity index (χ3n) is 6.60. The first-order valence-corrected chi connectivity index (χ1v) is 13.8. The van der Waals surface area contributed by atoms with E-state index in [1.807, 2.05) is 38.1 Å². The molecule has 0 radical (unpaired) electrons. The van der Waals surface area contributed by atoms with E-state index in [1.165, 1.54) is 0 Å². The molecule has 13 nitrogen and oxygen atoms in total. The number of carbonyl (C=O) groups excluding carboxylic acids is 3. The summed E-state index contributed by atoms with van der Waals surface area (Å²) < 4.78 is 0. The maximum atomic E-state index is 13.6. The Morgan fingerprint density at radius 2 is 1.61 bits per heavy atom. The molecule has 13 heteroatoms. The van der Waals surface area contributed by atoms with E-state index >= 15 is 0 Å². The number of carbonyl (C=O) groups is 4. The summed E-state index contributed by atoms with van der Waals surface area (Å²) in [5.41, 5.74) is 18.4. The third kappa shape index (κ3) is 10.4. The summed E-state index contributed by atoms with van der Waals surface area (Å²) in [4.78, 5) is 58.5. The third-order valence-corrected chi connectivity index (χ3v) is 6.60. The van der Waals surface area contributed by atoms with Crippen molar-refractivity contribution in [1.82, 2.24) is 20.9 Å². The number of nitrogens with zero attached hydrogens (tertiary/aromatic N) is 1. The Morgan fingerprint density at radius 1 is 0.951 bits per heavy atom. The summed E-state index contributed by atoms with van der Waals surface area (Å²) >= 11 is 0. The van der Waals surface area contributed by atoms with Gasteiger partial charge in [0.25, 0.3) is 0 Å². The first kappa shape index (κ1) is 33.1. The van der Waals surface area contributed by atoms with Crippen LogP contribution in [-0.2, 0) is 25.6 Å². The fraction of sp³-hybridized carbons (Fsp3) is 0.536. The van der Waals surface area contributed by atoms with Crippen LogP contribution in [0, 0.1) is 11.8 Å². The maximum absolute atomic E-state index is 13.6. The van der Waals surface area contributed by atoms with Gasteiger partial charge in [0.15, 0.2) is 5.96 Å². The molecular weight excluding hydrogens is 528 g/mol. The van der Waals surface area contributed by atoms with Gasteiger partial charge >= 0.3 is 5.97 Å². The summed E-state index contributed by atoms with van der Waals surface area (Å²) in [5.74, 6) is -3.26. The number of nitrogens with two attached hydrogens (primary N) is 3. The van der Waals surface area contributed by atoms with Crippen LogP contribution < -0.4 is 33.2 Å². The molecule has 0 fully saturated rings. The van der Waals surface area contributed by atoms with E-state index in [9.17, 15) is 24.3 Å². The van der Waals surface area contributed by atoms with Crippen LogP contribution in [-0.4, -0.2) is 70.5 Å². The number of hydrogen-bond donors (Lipinski definition) is 8. The molecule has 1 heterocycles. The highest BCUT2D eigenvalue weighted by Crippen LogP contribution is 2.19. The average molecular weight is 573 g/mol. The van der Waals surface area contributed by atoms with Gasteiger partial charge in [0.05, 0.1) is 6.04 Å². The van der Waals surface area contributed by atoms with E-state index in [-0.39, 0.29) is 37.2 Å². The fourth-order valence-corrected chi connectivity index (χ4v) is 4.43. The van der Waals surface area contributed by atoms with Gasteiger partial charge in [-0.05, 0) is 42.7 Å². The Balaban J connectivity index is 2.23. The minimum absolute atomic E-state index is 0.0869. The molecule has 226 valence electrons. The van der Waals surface area contributed by atoms with Crippen LogP contribution >= 0.6 is 0 Å². The van der Waals surface area contributed by atoms with E-state index < -0.39 is 47.9 Å². The molecule has 1 aromatic carbocycles. The number of rotatable bonds is 16. The minimum atomic E-state index is -1.22. The number of aromatic amines is 1. The highest BCUT2D eigenvalue weighted by Gasteiger charge is 2.32. The smallest absolute Gasteiger partial charge is 0.326 e. The average Bonchev–Trinajstić information content (AvgIpc) is 3.30. The van der Waals surface area contributed by atoms with Crippen molar-refractivity contribution in [1.29, 1.82) is 0 Å². The lowest BCUT2D eigenvalue weighted by Crippen LogP contribution is -2.59. The van der Waals surface area contributed by atoms with Crippen molar-refractivity contribution in [3.8, 4) is 0 Å². The van der Waals surface area contributed by atoms with E-state index in [2.05, 4.69) is 25.9 Å². The van der Waals surface area contributed by atoms with Crippen molar-refractivity contribution in [3.63, 3.8) is 0 Å². The molecule has 0 aliphatic carbocycles. The van der Waals surface area contributed by atoms with Gasteiger partial charge < -0.3 is 43.2 Å². The zero-order valence-corrected chi connectivity index (χ0v) is 24.1. The lowest BCUT2D eigenvalue weighted by molar-refractivity contribution is -0.142. The molecule has 3 amide bonds. The monoisotopic (exact) mass is 572 g/mol. The zero-order valence-electron chi connectivity index (χ0n) is 24.1. The van der Waals surface area contributed by atoms with Crippen molar-refractivity contribution >= 4 is 40.6 Å². The molecule has 0 bridgehead atoms. The number of aliphatic carboxylic acids is 1. The molecule has 4 unspecified atom stereocenters. The quantitative estimate of drug-likeness (QED) is 0.0791. The number of benzene rings is 1. The van der Waals surface area contributed by atoms with Crippen molar-refractivity contribution in [2.24, 2.45) is 34.0 Å². The van der Waals surface area contributed by atoms with Crippen molar-refractivity contribution < 1.29 is 24.3 Å². The van der Waals surface area contributed by atoms with Gasteiger partial charge in [-0.15, -0.1) is 0 Å². The second kappa shape index (κ2) is 15.6. The molecule has 0 aliphatic heterocycles. The van der Waals surface area contributed by atoms with Gasteiger partial charge in [-0.2, -0.15) is 0 Å². The molecule has 1 aromatic heterocycles. The number of H-pyrrole nitrogens is 1. The normalized spacial score (nSPS) is 14.2. The standard InChI is InChI=1S/C28H44N8O5/c1-15(2)12-19(29)24(37)35-22(13-17-14-33-20-9-6-5-8-18(17)20)25(38)36-23(16(3)4)26(39)34-21(27(40)41)10-7-11-32-28(30)31/h5-6,8-9,14-16,19,21-23,33H,7,10-13,29H2,1-4H3,(H,34,39)(H,35,37)(H,36,38)(H,40,41)(H4,30,31,32). The Labute approximate surface area is 240 Å².